The lowest BCUT2D eigenvalue weighted by Crippen LogP contribution is -2.46. The second-order valence-corrected chi connectivity index (χ2v) is 8.16. The van der Waals surface area contributed by atoms with E-state index in [1.54, 1.807) is 43.6 Å². The van der Waals surface area contributed by atoms with Crippen molar-refractivity contribution in [2.24, 2.45) is 0 Å². The number of urea groups is 1. The fraction of sp³-hybridized carbons (Fsp3) is 0.333. The molecule has 0 saturated heterocycles. The minimum Gasteiger partial charge on any atom is -0.493 e. The van der Waals surface area contributed by atoms with E-state index in [-0.39, 0.29) is 37.8 Å². The number of anilines is 1. The number of nitrogens with zero attached hydrogens (tertiary/aromatic N) is 2. The number of methoxy groups -OCH3 is 3. The van der Waals surface area contributed by atoms with Crippen molar-refractivity contribution in [3.63, 3.8) is 0 Å². The normalized spacial score (nSPS) is 10.6. The number of halogens is 1. The Hall–Kier alpha value is -4.05. The maximum absolute atomic E-state index is 14.1. The van der Waals surface area contributed by atoms with Crippen molar-refractivity contribution in [2.45, 2.75) is 13.0 Å². The number of furan rings is 1. The van der Waals surface area contributed by atoms with Crippen LogP contribution in [0.2, 0.25) is 0 Å². The molecule has 0 fully saturated rings. The second kappa shape index (κ2) is 13.9. The molecule has 1 N–H and O–H groups in total. The molecule has 0 aliphatic rings. The molecule has 2 aromatic carbocycles. The summed E-state index contributed by atoms with van der Waals surface area (Å²) in [6.45, 7) is 0.721. The Morgan fingerprint density at radius 1 is 0.946 bits per heavy atom. The highest BCUT2D eigenvalue weighted by atomic mass is 19.1. The molecule has 3 amide bonds. The monoisotopic (exact) mass is 513 g/mol. The fourth-order valence-electron chi connectivity index (χ4n) is 3.66. The number of benzene rings is 2. The highest BCUT2D eigenvalue weighted by molar-refractivity contribution is 5.92. The van der Waals surface area contributed by atoms with Crippen LogP contribution >= 0.6 is 0 Å². The Balaban J connectivity index is 1.74. The van der Waals surface area contributed by atoms with Crippen LogP contribution in [0.15, 0.2) is 65.3 Å². The minimum atomic E-state index is -0.603. The highest BCUT2D eigenvalue weighted by Crippen LogP contribution is 2.27. The van der Waals surface area contributed by atoms with E-state index in [0.717, 1.165) is 5.56 Å². The van der Waals surface area contributed by atoms with Crippen molar-refractivity contribution < 1.29 is 32.6 Å². The number of amides is 3. The largest absolute Gasteiger partial charge is 0.493 e. The second-order valence-electron chi connectivity index (χ2n) is 8.16. The van der Waals surface area contributed by atoms with E-state index in [2.05, 4.69) is 5.32 Å². The summed E-state index contributed by atoms with van der Waals surface area (Å²) in [4.78, 5) is 29.3. The Labute approximate surface area is 215 Å². The molecule has 198 valence electrons. The summed E-state index contributed by atoms with van der Waals surface area (Å²) in [5, 5.41) is 2.53. The molecule has 0 atom stereocenters. The van der Waals surface area contributed by atoms with Gasteiger partial charge in [-0.15, -0.1) is 0 Å². The number of hydrogen-bond acceptors (Lipinski definition) is 6. The van der Waals surface area contributed by atoms with Crippen LogP contribution in [0, 0.1) is 5.82 Å². The smallest absolute Gasteiger partial charge is 0.322 e. The van der Waals surface area contributed by atoms with Gasteiger partial charge in [0.2, 0.25) is 5.91 Å². The maximum Gasteiger partial charge on any atom is 0.322 e. The van der Waals surface area contributed by atoms with E-state index in [9.17, 15) is 14.0 Å². The van der Waals surface area contributed by atoms with Crippen LogP contribution in [0.1, 0.15) is 11.3 Å². The topological polar surface area (TPSA) is 93.5 Å². The molecule has 3 aromatic rings. The van der Waals surface area contributed by atoms with E-state index < -0.39 is 11.8 Å². The predicted octanol–water partition coefficient (Wildman–Crippen LogP) is 4.19. The Bertz CT molecular complexity index is 1150. The predicted molar refractivity (Wildman–Crippen MR) is 136 cm³/mol. The molecule has 1 heterocycles. The zero-order chi connectivity index (χ0) is 26.6. The summed E-state index contributed by atoms with van der Waals surface area (Å²) < 4.78 is 35.3. The molecule has 0 unspecified atom stereocenters. The molecule has 0 aliphatic heterocycles. The zero-order valence-electron chi connectivity index (χ0n) is 21.2. The standard InChI is InChI=1S/C27H32FN3O6/c1-34-16-14-31(27(33)29-23-9-5-4-8-22(23)28)19-26(32)30(18-21-7-6-15-37-21)13-12-20-10-11-24(35-2)25(17-20)36-3/h4-11,15,17H,12-14,16,18-19H2,1-3H3,(H,29,33). The van der Waals surface area contributed by atoms with Crippen LogP contribution in [-0.4, -0.2) is 69.3 Å². The summed E-state index contributed by atoms with van der Waals surface area (Å²) in [7, 11) is 4.63. The average molecular weight is 514 g/mol. The van der Waals surface area contributed by atoms with Crippen LogP contribution in [0.5, 0.6) is 11.5 Å². The number of nitrogens with one attached hydrogen (secondary N) is 1. The number of hydrogen-bond donors (Lipinski definition) is 1. The number of ether oxygens (including phenoxy) is 3. The number of carbonyl (C=O) groups is 2. The van der Waals surface area contributed by atoms with Crippen molar-refractivity contribution in [3.05, 3.63) is 78.0 Å². The van der Waals surface area contributed by atoms with Gasteiger partial charge < -0.3 is 33.7 Å². The molecule has 3 rings (SSSR count). The van der Waals surface area contributed by atoms with Gasteiger partial charge in [0.1, 0.15) is 18.1 Å². The summed E-state index contributed by atoms with van der Waals surface area (Å²) in [6.07, 6.45) is 2.07. The van der Waals surface area contributed by atoms with Crippen LogP contribution in [-0.2, 0) is 22.5 Å². The third-order valence-corrected chi connectivity index (χ3v) is 5.69. The lowest BCUT2D eigenvalue weighted by molar-refractivity contribution is -0.132. The van der Waals surface area contributed by atoms with Crippen molar-refractivity contribution in [3.8, 4) is 11.5 Å². The highest BCUT2D eigenvalue weighted by Gasteiger charge is 2.23. The third kappa shape index (κ3) is 7.97. The van der Waals surface area contributed by atoms with Crippen molar-refractivity contribution >= 4 is 17.6 Å². The van der Waals surface area contributed by atoms with Gasteiger partial charge in [-0.1, -0.05) is 18.2 Å². The van der Waals surface area contributed by atoms with Crippen LogP contribution < -0.4 is 14.8 Å². The third-order valence-electron chi connectivity index (χ3n) is 5.69. The average Bonchev–Trinajstić information content (AvgIpc) is 3.43. The SMILES string of the molecule is COCCN(CC(=O)N(CCc1ccc(OC)c(OC)c1)Cc1ccco1)C(=O)Nc1ccccc1F. The van der Waals surface area contributed by atoms with Gasteiger partial charge in [0.05, 0.1) is 39.3 Å². The molecule has 0 radical (unpaired) electrons. The zero-order valence-corrected chi connectivity index (χ0v) is 21.2. The minimum absolute atomic E-state index is 0.0308. The lowest BCUT2D eigenvalue weighted by atomic mass is 10.1. The van der Waals surface area contributed by atoms with Gasteiger partial charge in [-0.25, -0.2) is 9.18 Å². The van der Waals surface area contributed by atoms with Gasteiger partial charge in [-0.2, -0.15) is 0 Å². The first-order valence-corrected chi connectivity index (χ1v) is 11.8. The van der Waals surface area contributed by atoms with Gasteiger partial charge in [-0.05, 0) is 48.4 Å². The Kier molecular flexibility index (Phi) is 10.3. The number of para-hydroxylation sites is 1. The van der Waals surface area contributed by atoms with Crippen molar-refractivity contribution in [1.29, 1.82) is 0 Å². The first-order chi connectivity index (χ1) is 17.9. The Morgan fingerprint density at radius 2 is 1.73 bits per heavy atom. The lowest BCUT2D eigenvalue weighted by Gasteiger charge is -2.27. The summed E-state index contributed by atoms with van der Waals surface area (Å²) >= 11 is 0. The van der Waals surface area contributed by atoms with E-state index in [4.69, 9.17) is 18.6 Å². The summed E-state index contributed by atoms with van der Waals surface area (Å²) in [6, 6.07) is 14.4. The van der Waals surface area contributed by atoms with Crippen molar-refractivity contribution in [1.82, 2.24) is 9.80 Å². The van der Waals surface area contributed by atoms with E-state index >= 15 is 0 Å². The molecule has 0 aliphatic carbocycles. The molecular weight excluding hydrogens is 481 g/mol. The van der Waals surface area contributed by atoms with E-state index in [1.807, 2.05) is 18.2 Å². The Morgan fingerprint density at radius 3 is 2.41 bits per heavy atom. The molecule has 37 heavy (non-hydrogen) atoms. The van der Waals surface area contributed by atoms with Gasteiger partial charge in [0.15, 0.2) is 11.5 Å². The van der Waals surface area contributed by atoms with E-state index in [1.165, 1.54) is 30.2 Å². The van der Waals surface area contributed by atoms with E-state index in [0.29, 0.717) is 30.2 Å². The van der Waals surface area contributed by atoms with Crippen LogP contribution in [0.25, 0.3) is 0 Å². The molecule has 0 spiro atoms. The van der Waals surface area contributed by atoms with Crippen molar-refractivity contribution in [2.75, 3.05) is 52.9 Å². The quantitative estimate of drug-likeness (QED) is 0.369. The number of carbonyl (C=O) groups excluding carboxylic acids is 2. The van der Waals surface area contributed by atoms with Gasteiger partial charge in [0.25, 0.3) is 0 Å². The van der Waals surface area contributed by atoms with Gasteiger partial charge in [-0.3, -0.25) is 4.79 Å². The van der Waals surface area contributed by atoms with Crippen LogP contribution in [0.4, 0.5) is 14.9 Å². The molecule has 9 nitrogen and oxygen atoms in total. The molecular formula is C27H32FN3O6. The summed E-state index contributed by atoms with van der Waals surface area (Å²) in [5.41, 5.74) is 0.978. The molecule has 10 heteroatoms. The fourth-order valence-corrected chi connectivity index (χ4v) is 3.66. The van der Waals surface area contributed by atoms with Gasteiger partial charge in [0, 0.05) is 20.2 Å². The van der Waals surface area contributed by atoms with Crippen LogP contribution in [0.3, 0.4) is 0 Å². The number of rotatable bonds is 13. The molecule has 0 bridgehead atoms. The molecule has 1 aromatic heterocycles. The first kappa shape index (κ1) is 27.5. The summed E-state index contributed by atoms with van der Waals surface area (Å²) in [5.74, 6) is 0.962. The molecule has 0 saturated carbocycles. The first-order valence-electron chi connectivity index (χ1n) is 11.8. The van der Waals surface area contributed by atoms with Gasteiger partial charge >= 0.3 is 6.03 Å². The maximum atomic E-state index is 14.1.